The van der Waals surface area contributed by atoms with Crippen LogP contribution in [-0.2, 0) is 9.53 Å². The Bertz CT molecular complexity index is 995. The number of anilines is 2. The Hall–Kier alpha value is -1.66. The minimum Gasteiger partial charge on any atom is -0.380 e. The Morgan fingerprint density at radius 1 is 1.03 bits per heavy atom. The predicted octanol–water partition coefficient (Wildman–Crippen LogP) is 6.28. The third-order valence-corrected chi connectivity index (χ3v) is 7.64. The van der Waals surface area contributed by atoms with Gasteiger partial charge in [0.15, 0.2) is 0 Å². The zero-order chi connectivity index (χ0) is 23.5. The molecule has 2 aromatic rings. The number of nitrogens with zero attached hydrogens (tertiary/aromatic N) is 2. The average molecular weight is 511 g/mol. The van der Waals surface area contributed by atoms with Crippen molar-refractivity contribution in [3.8, 4) is 0 Å². The van der Waals surface area contributed by atoms with Crippen molar-refractivity contribution in [2.75, 3.05) is 43.5 Å². The summed E-state index contributed by atoms with van der Waals surface area (Å²) in [7, 11) is 1.72. The molecule has 2 heterocycles. The van der Waals surface area contributed by atoms with Crippen LogP contribution in [0.25, 0.3) is 0 Å². The summed E-state index contributed by atoms with van der Waals surface area (Å²) in [6.07, 6.45) is 2.82. The number of carbonyl (C=O) groups is 1. The molecule has 33 heavy (non-hydrogen) atoms. The van der Waals surface area contributed by atoms with Crippen molar-refractivity contribution < 1.29 is 9.53 Å². The van der Waals surface area contributed by atoms with Gasteiger partial charge in [0.1, 0.15) is 0 Å². The van der Waals surface area contributed by atoms with E-state index in [0.717, 1.165) is 62.4 Å². The van der Waals surface area contributed by atoms with Gasteiger partial charge in [-0.2, -0.15) is 0 Å². The van der Waals surface area contributed by atoms with Crippen molar-refractivity contribution >= 4 is 52.1 Å². The van der Waals surface area contributed by atoms with Crippen LogP contribution in [-0.4, -0.2) is 50.2 Å². The minimum absolute atomic E-state index is 0.0396. The Morgan fingerprint density at radius 2 is 1.79 bits per heavy atom. The Labute approximate surface area is 210 Å². The molecule has 8 heteroatoms. The summed E-state index contributed by atoms with van der Waals surface area (Å²) in [6.45, 7) is 5.26. The normalized spacial score (nSPS) is 20.2. The molecule has 0 spiro atoms. The number of piperidine rings is 1. The second-order valence-corrected chi connectivity index (χ2v) is 10.1. The third-order valence-electron chi connectivity index (χ3n) is 6.75. The van der Waals surface area contributed by atoms with E-state index in [-0.39, 0.29) is 24.0 Å². The molecule has 2 fully saturated rings. The van der Waals surface area contributed by atoms with Crippen molar-refractivity contribution in [1.82, 2.24) is 4.90 Å². The van der Waals surface area contributed by atoms with Crippen molar-refractivity contribution in [3.05, 3.63) is 57.0 Å². The van der Waals surface area contributed by atoms with Crippen molar-refractivity contribution in [2.24, 2.45) is 5.92 Å². The number of nitrogens with one attached hydrogen (secondary N) is 1. The van der Waals surface area contributed by atoms with Crippen LogP contribution in [0.1, 0.15) is 37.8 Å². The molecule has 0 radical (unpaired) electrons. The summed E-state index contributed by atoms with van der Waals surface area (Å²) in [5, 5.41) is 5.37. The van der Waals surface area contributed by atoms with Crippen LogP contribution in [0.3, 0.4) is 0 Å². The lowest BCUT2D eigenvalue weighted by Gasteiger charge is -2.35. The zero-order valence-corrected chi connectivity index (χ0v) is 21.3. The first-order chi connectivity index (χ1) is 15.9. The number of amides is 1. The number of methoxy groups -OCH3 is 1. The van der Waals surface area contributed by atoms with E-state index in [2.05, 4.69) is 16.3 Å². The number of rotatable bonds is 6. The molecule has 4 rings (SSSR count). The van der Waals surface area contributed by atoms with Gasteiger partial charge in [-0.1, -0.05) is 40.9 Å². The second kappa shape index (κ2) is 10.7. The van der Waals surface area contributed by atoms with E-state index in [0.29, 0.717) is 15.1 Å². The van der Waals surface area contributed by atoms with Crippen LogP contribution in [0, 0.1) is 5.92 Å². The van der Waals surface area contributed by atoms with Gasteiger partial charge in [0.25, 0.3) is 0 Å². The summed E-state index contributed by atoms with van der Waals surface area (Å²) in [4.78, 5) is 17.2. The molecule has 1 amide bonds. The topological polar surface area (TPSA) is 44.8 Å². The van der Waals surface area contributed by atoms with Gasteiger partial charge >= 0.3 is 0 Å². The maximum absolute atomic E-state index is 12.9. The van der Waals surface area contributed by atoms with Crippen LogP contribution in [0.2, 0.25) is 15.1 Å². The Kier molecular flexibility index (Phi) is 7.95. The largest absolute Gasteiger partial charge is 0.380 e. The van der Waals surface area contributed by atoms with Gasteiger partial charge in [-0.3, -0.25) is 4.79 Å². The van der Waals surface area contributed by atoms with Gasteiger partial charge in [0.2, 0.25) is 5.91 Å². The van der Waals surface area contributed by atoms with Gasteiger partial charge in [-0.15, -0.1) is 0 Å². The van der Waals surface area contributed by atoms with Gasteiger partial charge in [0, 0.05) is 54.9 Å². The van der Waals surface area contributed by atoms with Crippen molar-refractivity contribution in [1.29, 1.82) is 0 Å². The third kappa shape index (κ3) is 5.71. The Balaban J connectivity index is 1.38. The lowest BCUT2D eigenvalue weighted by atomic mass is 9.95. The highest BCUT2D eigenvalue weighted by Crippen LogP contribution is 2.34. The molecule has 0 saturated carbocycles. The fraction of sp³-hybridized carbons (Fsp3) is 0.480. The predicted molar refractivity (Wildman–Crippen MR) is 137 cm³/mol. The summed E-state index contributed by atoms with van der Waals surface area (Å²) in [6, 6.07) is 11.5. The van der Waals surface area contributed by atoms with Crippen LogP contribution in [0.15, 0.2) is 36.4 Å². The quantitative estimate of drug-likeness (QED) is 0.496. The highest BCUT2D eigenvalue weighted by Gasteiger charge is 2.33. The molecule has 0 bridgehead atoms. The zero-order valence-electron chi connectivity index (χ0n) is 19.0. The maximum atomic E-state index is 12.9. The first kappa shape index (κ1) is 24.5. The molecule has 0 aliphatic carbocycles. The van der Waals surface area contributed by atoms with Crippen LogP contribution >= 0.6 is 34.8 Å². The fourth-order valence-electron chi connectivity index (χ4n) is 4.75. The molecular weight excluding hydrogens is 481 g/mol. The van der Waals surface area contributed by atoms with E-state index in [4.69, 9.17) is 39.5 Å². The van der Waals surface area contributed by atoms with E-state index >= 15 is 0 Å². The minimum atomic E-state index is -0.0396. The molecule has 1 N–H and O–H groups in total. The van der Waals surface area contributed by atoms with Gasteiger partial charge in [-0.25, -0.2) is 0 Å². The lowest BCUT2D eigenvalue weighted by molar-refractivity contribution is -0.135. The van der Waals surface area contributed by atoms with E-state index in [1.54, 1.807) is 13.2 Å². The number of hydrogen-bond acceptors (Lipinski definition) is 4. The molecule has 5 nitrogen and oxygen atoms in total. The van der Waals surface area contributed by atoms with Crippen LogP contribution < -0.4 is 10.2 Å². The van der Waals surface area contributed by atoms with Gasteiger partial charge in [0.05, 0.1) is 22.9 Å². The molecule has 2 aromatic carbocycles. The summed E-state index contributed by atoms with van der Waals surface area (Å²) in [5.74, 6) is 0.371. The Morgan fingerprint density at radius 3 is 2.45 bits per heavy atom. The molecule has 0 unspecified atom stereocenters. The van der Waals surface area contributed by atoms with Gasteiger partial charge in [-0.05, 0) is 62.1 Å². The maximum Gasteiger partial charge on any atom is 0.225 e. The molecule has 0 aromatic heterocycles. The standard InChI is InChI=1S/C25H30Cl3N3O2/c1-16(21-5-3-18(26)13-23(21)28)29-24-14-19(4-6-22(24)27)30-10-7-17(8-11-30)25(32)31-12-9-20(15-31)33-2/h3-6,13-14,16-17,20,29H,7-12,15H2,1-2H3/t16-,20-/m1/s1. The number of benzene rings is 2. The lowest BCUT2D eigenvalue weighted by Crippen LogP contribution is -2.42. The second-order valence-electron chi connectivity index (χ2n) is 8.89. The number of hydrogen-bond donors (Lipinski definition) is 1. The monoisotopic (exact) mass is 509 g/mol. The average Bonchev–Trinajstić information content (AvgIpc) is 3.29. The highest BCUT2D eigenvalue weighted by atomic mass is 35.5. The van der Waals surface area contributed by atoms with E-state index in [9.17, 15) is 4.79 Å². The summed E-state index contributed by atoms with van der Waals surface area (Å²) < 4.78 is 5.41. The molecule has 178 valence electrons. The van der Waals surface area contributed by atoms with Crippen LogP contribution in [0.4, 0.5) is 11.4 Å². The summed E-state index contributed by atoms with van der Waals surface area (Å²) in [5.41, 5.74) is 2.91. The fourth-order valence-corrected chi connectivity index (χ4v) is 5.49. The first-order valence-electron chi connectivity index (χ1n) is 11.4. The van der Waals surface area contributed by atoms with Gasteiger partial charge < -0.3 is 19.9 Å². The molecule has 2 aliphatic heterocycles. The van der Waals surface area contributed by atoms with Crippen LogP contribution in [0.5, 0.6) is 0 Å². The molecule has 2 saturated heterocycles. The number of ether oxygens (including phenoxy) is 1. The van der Waals surface area contributed by atoms with E-state index in [1.807, 2.05) is 36.1 Å². The number of carbonyl (C=O) groups excluding carboxylic acids is 1. The van der Waals surface area contributed by atoms with E-state index < -0.39 is 0 Å². The number of likely N-dealkylation sites (tertiary alicyclic amines) is 1. The van der Waals surface area contributed by atoms with Crippen molar-refractivity contribution in [2.45, 2.75) is 38.3 Å². The van der Waals surface area contributed by atoms with Crippen molar-refractivity contribution in [3.63, 3.8) is 0 Å². The highest BCUT2D eigenvalue weighted by molar-refractivity contribution is 6.35. The van der Waals surface area contributed by atoms with E-state index in [1.165, 1.54) is 0 Å². The summed E-state index contributed by atoms with van der Waals surface area (Å²) >= 11 is 18.9. The molecule has 2 atom stereocenters. The SMILES string of the molecule is CO[C@@H]1CCN(C(=O)C2CCN(c3ccc(Cl)c(N[C@H](C)c4ccc(Cl)cc4Cl)c3)CC2)C1. The first-order valence-corrected chi connectivity index (χ1v) is 12.6. The molecule has 2 aliphatic rings. The smallest absolute Gasteiger partial charge is 0.225 e. The number of halogens is 3. The molecular formula is C25H30Cl3N3O2.